The van der Waals surface area contributed by atoms with Crippen LogP contribution in [0.15, 0.2) is 30.3 Å². The number of rotatable bonds is 1. The maximum Gasteiger partial charge on any atom is 4.00 e. The van der Waals surface area contributed by atoms with E-state index in [1.165, 1.54) is 6.42 Å². The van der Waals surface area contributed by atoms with Crippen molar-refractivity contribution in [2.75, 3.05) is 0 Å². The van der Waals surface area contributed by atoms with E-state index in [9.17, 15) is 0 Å². The van der Waals surface area contributed by atoms with E-state index in [-0.39, 0.29) is 51.0 Å². The van der Waals surface area contributed by atoms with Crippen LogP contribution in [0.1, 0.15) is 19.8 Å². The Morgan fingerprint density at radius 2 is 1.50 bits per heavy atom. The Labute approximate surface area is 107 Å². The summed E-state index contributed by atoms with van der Waals surface area (Å²) in [5.41, 5.74) is 0. The van der Waals surface area contributed by atoms with Crippen LogP contribution in [-0.4, -0.2) is 0 Å². The van der Waals surface area contributed by atoms with Crippen LogP contribution in [0.3, 0.4) is 0 Å². The molecule has 0 spiro atoms. The number of hydrogen-bond donors (Lipinski definition) is 0. The van der Waals surface area contributed by atoms with Crippen molar-refractivity contribution in [1.82, 2.24) is 0 Å². The topological polar surface area (TPSA) is 0 Å². The fourth-order valence-corrected chi connectivity index (χ4v) is 0.321. The van der Waals surface area contributed by atoms with Crippen LogP contribution in [0.5, 0.6) is 0 Å². The van der Waals surface area contributed by atoms with E-state index in [4.69, 9.17) is 0 Å². The quantitative estimate of drug-likeness (QED) is 0.483. The van der Waals surface area contributed by atoms with E-state index in [0.717, 1.165) is 6.42 Å². The third-order valence-corrected chi connectivity index (χ3v) is 0.909. The Balaban J connectivity index is -0.0000000436. The van der Waals surface area contributed by atoms with E-state index in [0.29, 0.717) is 0 Å². The summed E-state index contributed by atoms with van der Waals surface area (Å²) in [6, 6.07) is 10.0. The van der Waals surface area contributed by atoms with Gasteiger partial charge < -0.3 is 31.7 Å². The van der Waals surface area contributed by atoms with Gasteiger partial charge in [-0.3, -0.25) is 0 Å². The molecule has 0 aliphatic carbocycles. The average Bonchev–Trinajstić information content (AvgIpc) is 2.43. The molecule has 0 saturated carbocycles. The van der Waals surface area contributed by atoms with Crippen LogP contribution in [0.2, 0.25) is 0 Å². The Hall–Kier alpha value is 0.813. The second kappa shape index (κ2) is 22.6. The zero-order valence-electron chi connectivity index (χ0n) is 7.26. The molecule has 1 aromatic rings. The molecule has 0 aliphatic heterocycles. The minimum absolute atomic E-state index is 0. The van der Waals surface area contributed by atoms with E-state index in [1.807, 2.05) is 30.3 Å². The maximum absolute atomic E-state index is 3.60. The van der Waals surface area contributed by atoms with Gasteiger partial charge in [-0.15, -0.1) is 0 Å². The van der Waals surface area contributed by atoms with Gasteiger partial charge in [-0.1, -0.05) is 13.3 Å². The monoisotopic (exact) mass is 282 g/mol. The maximum atomic E-state index is 3.60. The SMILES string of the molecule is [CH2-]CCC.[Cl-].[Cl-].[Zr+4].c1cc[cH-]c1. The minimum Gasteiger partial charge on any atom is -1.00 e. The fourth-order valence-electron chi connectivity index (χ4n) is 0.321. The molecule has 0 bridgehead atoms. The number of hydrogen-bond acceptors (Lipinski definition) is 0. The zero-order chi connectivity index (χ0) is 6.95. The van der Waals surface area contributed by atoms with Crippen LogP contribution in [0, 0.1) is 6.92 Å². The standard InChI is InChI=1S/C5H5.C4H9.2ClH.Zr/c1-2-4-5-3-1;1-3-4-2;;;/h1-5H;1,3-4H2,2H3;2*1H;/q2*-1;;;+4/p-2. The third-order valence-electron chi connectivity index (χ3n) is 0.909. The Kier molecular flexibility index (Phi) is 43.4. The normalized spacial score (nSPS) is 5.83. The van der Waals surface area contributed by atoms with Crippen molar-refractivity contribution in [3.8, 4) is 0 Å². The minimum atomic E-state index is 0. The third kappa shape index (κ3) is 22.4. The second-order valence-corrected chi connectivity index (χ2v) is 1.82. The van der Waals surface area contributed by atoms with Gasteiger partial charge in [0.05, 0.1) is 0 Å². The summed E-state index contributed by atoms with van der Waals surface area (Å²) in [6.45, 7) is 5.72. The van der Waals surface area contributed by atoms with Crippen molar-refractivity contribution < 1.29 is 51.0 Å². The molecule has 0 N–H and O–H groups in total. The van der Waals surface area contributed by atoms with Crippen LogP contribution in [0.25, 0.3) is 0 Å². The Bertz CT molecular complexity index is 88.1. The molecule has 1 rings (SSSR count). The Morgan fingerprint density at radius 1 is 1.17 bits per heavy atom. The van der Waals surface area contributed by atoms with Crippen LogP contribution < -0.4 is 24.8 Å². The second-order valence-electron chi connectivity index (χ2n) is 1.82. The summed E-state index contributed by atoms with van der Waals surface area (Å²) in [5.74, 6) is 0. The van der Waals surface area contributed by atoms with E-state index < -0.39 is 0 Å². The summed E-state index contributed by atoms with van der Waals surface area (Å²) >= 11 is 0. The van der Waals surface area contributed by atoms with Crippen molar-refractivity contribution in [2.24, 2.45) is 0 Å². The van der Waals surface area contributed by atoms with Crippen LogP contribution in [-0.2, 0) is 26.2 Å². The molecule has 0 heterocycles. The molecule has 0 aromatic heterocycles. The number of halogens is 2. The van der Waals surface area contributed by atoms with Crippen LogP contribution >= 0.6 is 0 Å². The van der Waals surface area contributed by atoms with E-state index in [1.54, 1.807) is 0 Å². The molecule has 0 unspecified atom stereocenters. The molecule has 0 saturated heterocycles. The largest absolute Gasteiger partial charge is 4.00 e. The smallest absolute Gasteiger partial charge is 1.00 e. The first-order valence-electron chi connectivity index (χ1n) is 3.37. The molecule has 0 aliphatic rings. The molecule has 0 amide bonds. The molecule has 0 fully saturated rings. The van der Waals surface area contributed by atoms with Gasteiger partial charge >= 0.3 is 26.2 Å². The van der Waals surface area contributed by atoms with Crippen molar-refractivity contribution in [3.05, 3.63) is 37.3 Å². The van der Waals surface area contributed by atoms with Gasteiger partial charge in [0.15, 0.2) is 0 Å². The molecule has 1 aromatic carbocycles. The Morgan fingerprint density at radius 3 is 1.58 bits per heavy atom. The molecule has 0 nitrogen and oxygen atoms in total. The van der Waals surface area contributed by atoms with Gasteiger partial charge in [-0.05, 0) is 0 Å². The van der Waals surface area contributed by atoms with Gasteiger partial charge in [-0.25, -0.2) is 12.1 Å². The predicted octanol–water partition coefficient (Wildman–Crippen LogP) is -2.97. The summed E-state index contributed by atoms with van der Waals surface area (Å²) in [6.07, 6.45) is 2.28. The van der Waals surface area contributed by atoms with Crippen molar-refractivity contribution in [2.45, 2.75) is 19.8 Å². The first-order chi connectivity index (χ1) is 4.41. The summed E-state index contributed by atoms with van der Waals surface area (Å²) < 4.78 is 0. The van der Waals surface area contributed by atoms with Gasteiger partial charge in [-0.2, -0.15) is 24.6 Å². The van der Waals surface area contributed by atoms with Gasteiger partial charge in [0.2, 0.25) is 0 Å². The summed E-state index contributed by atoms with van der Waals surface area (Å²) in [5, 5.41) is 0. The molecule has 3 heteroatoms. The summed E-state index contributed by atoms with van der Waals surface area (Å²) in [7, 11) is 0. The fraction of sp³-hybridized carbons (Fsp3) is 0.333. The van der Waals surface area contributed by atoms with Gasteiger partial charge in [0.25, 0.3) is 0 Å². The molecule has 12 heavy (non-hydrogen) atoms. The zero-order valence-corrected chi connectivity index (χ0v) is 11.2. The number of unbranched alkanes of at least 4 members (excludes halogenated alkanes) is 1. The van der Waals surface area contributed by atoms with Crippen molar-refractivity contribution in [3.63, 3.8) is 0 Å². The summed E-state index contributed by atoms with van der Waals surface area (Å²) in [4.78, 5) is 0. The molecule has 0 radical (unpaired) electrons. The van der Waals surface area contributed by atoms with Gasteiger partial charge in [0, 0.05) is 0 Å². The molecular formula is C9H14Cl2Zr. The van der Waals surface area contributed by atoms with E-state index >= 15 is 0 Å². The van der Waals surface area contributed by atoms with E-state index in [2.05, 4.69) is 13.8 Å². The first-order valence-corrected chi connectivity index (χ1v) is 3.37. The van der Waals surface area contributed by atoms with Gasteiger partial charge in [0.1, 0.15) is 0 Å². The predicted molar refractivity (Wildman–Crippen MR) is 42.3 cm³/mol. The average molecular weight is 284 g/mol. The van der Waals surface area contributed by atoms with Crippen LogP contribution in [0.4, 0.5) is 0 Å². The molecular weight excluding hydrogens is 270 g/mol. The first kappa shape index (κ1) is 23.0. The molecule has 68 valence electrons. The van der Waals surface area contributed by atoms with Crippen molar-refractivity contribution in [1.29, 1.82) is 0 Å². The van der Waals surface area contributed by atoms with Crippen molar-refractivity contribution >= 4 is 0 Å². The molecule has 0 atom stereocenters.